The molecule has 0 aromatic carbocycles. The van der Waals surface area contributed by atoms with Crippen LogP contribution in [0.1, 0.15) is 62.3 Å². The molecule has 37 heavy (non-hydrogen) atoms. The number of alkyl halides is 3. The number of carbonyl (C=O) groups excluding carboxylic acids is 3. The topological polar surface area (TPSA) is 152 Å². The van der Waals surface area contributed by atoms with Crippen LogP contribution in [0.4, 0.5) is 13.2 Å². The number of aliphatic hydroxyl groups excluding tert-OH is 1. The molecule has 1 heterocycles. The largest absolute Gasteiger partial charge is 0.523 e. The maximum atomic E-state index is 13.1. The molecule has 1 saturated heterocycles. The van der Waals surface area contributed by atoms with Crippen LogP contribution < -0.4 is 0 Å². The maximum Gasteiger partial charge on any atom is 0.523 e. The maximum absolute atomic E-state index is 13.1. The number of carbonyl (C=O) groups is 3. The van der Waals surface area contributed by atoms with Gasteiger partial charge in [-0.05, 0) is 62.3 Å². The molecule has 1 aliphatic heterocycles. The molecule has 5 atom stereocenters. The zero-order chi connectivity index (χ0) is 29.4. The summed E-state index contributed by atoms with van der Waals surface area (Å²) in [4.78, 5) is 37.4. The second-order valence-corrected chi connectivity index (χ2v) is 13.2. The van der Waals surface area contributed by atoms with E-state index in [2.05, 4.69) is 4.18 Å². The van der Waals surface area contributed by atoms with Crippen molar-refractivity contribution in [1.29, 1.82) is 0 Å². The van der Waals surface area contributed by atoms with E-state index in [1.807, 2.05) is 0 Å². The monoisotopic (exact) mass is 564 g/mol. The van der Waals surface area contributed by atoms with Crippen molar-refractivity contribution in [3.8, 4) is 0 Å². The van der Waals surface area contributed by atoms with E-state index >= 15 is 0 Å². The van der Waals surface area contributed by atoms with Gasteiger partial charge < -0.3 is 24.1 Å². The van der Waals surface area contributed by atoms with Crippen LogP contribution in [0.15, 0.2) is 0 Å². The molecule has 0 aromatic heterocycles. The van der Waals surface area contributed by atoms with Crippen LogP contribution in [0.3, 0.4) is 0 Å². The second-order valence-electron chi connectivity index (χ2n) is 11.6. The first-order valence-electron chi connectivity index (χ1n) is 11.2. The van der Waals surface area contributed by atoms with Crippen molar-refractivity contribution in [1.82, 2.24) is 0 Å². The van der Waals surface area contributed by atoms with Crippen molar-refractivity contribution >= 4 is 28.0 Å². The van der Waals surface area contributed by atoms with E-state index < -0.39 is 87.1 Å². The van der Waals surface area contributed by atoms with Crippen LogP contribution in [0.2, 0.25) is 0 Å². The van der Waals surface area contributed by atoms with Crippen LogP contribution in [-0.4, -0.2) is 74.3 Å². The van der Waals surface area contributed by atoms with E-state index in [-0.39, 0.29) is 0 Å². The van der Waals surface area contributed by atoms with E-state index in [0.717, 1.165) is 0 Å². The van der Waals surface area contributed by atoms with Gasteiger partial charge in [0.25, 0.3) is 0 Å². The number of aliphatic hydroxyl groups is 1. The van der Waals surface area contributed by atoms with Gasteiger partial charge in [-0.25, -0.2) is 0 Å². The molecule has 1 N–H and O–H groups in total. The Bertz CT molecular complexity index is 956. The third-order valence-corrected chi connectivity index (χ3v) is 5.89. The molecule has 0 bridgehead atoms. The summed E-state index contributed by atoms with van der Waals surface area (Å²) in [7, 11) is -6.28. The fourth-order valence-corrected chi connectivity index (χ4v) is 3.19. The molecular weight excluding hydrogens is 529 g/mol. The van der Waals surface area contributed by atoms with Gasteiger partial charge in [0.2, 0.25) is 0 Å². The van der Waals surface area contributed by atoms with E-state index in [1.54, 1.807) is 0 Å². The Balaban J connectivity index is 3.52. The fourth-order valence-electron chi connectivity index (χ4n) is 2.59. The van der Waals surface area contributed by atoms with E-state index in [4.69, 9.17) is 18.9 Å². The van der Waals surface area contributed by atoms with Crippen molar-refractivity contribution in [2.45, 2.75) is 98.5 Å². The number of rotatable bonds is 7. The average Bonchev–Trinajstić information content (AvgIpc) is 2.97. The minimum Gasteiger partial charge on any atom is -0.462 e. The van der Waals surface area contributed by atoms with Gasteiger partial charge in [0.15, 0.2) is 18.5 Å². The molecule has 1 fully saturated rings. The van der Waals surface area contributed by atoms with Crippen molar-refractivity contribution in [2.24, 2.45) is 16.2 Å². The normalized spacial score (nSPS) is 24.4. The zero-order valence-corrected chi connectivity index (χ0v) is 23.0. The summed E-state index contributed by atoms with van der Waals surface area (Å²) in [5, 5.41) is 10.4. The molecule has 0 amide bonds. The van der Waals surface area contributed by atoms with Crippen LogP contribution in [-0.2, 0) is 47.6 Å². The number of hydrogen-bond donors (Lipinski definition) is 1. The summed E-state index contributed by atoms with van der Waals surface area (Å²) in [5.74, 6) is -2.76. The summed E-state index contributed by atoms with van der Waals surface area (Å²) in [6.07, 6.45) is -9.91. The standard InChI is InChI=1S/C22H35F3O11S/c1-19(2,3)16(27)32-10-11(36-37(30,31)22(23,24)25)12-13(34-17(28)20(4,5)6)14(15(26)33-12)35-18(29)21(7,8)9/h11-15,26H,10H2,1-9H3/t11-,12+,13+,14-,15+/m1/s1. The molecule has 0 aliphatic carbocycles. The molecule has 0 spiro atoms. The van der Waals surface area contributed by atoms with Gasteiger partial charge in [-0.2, -0.15) is 21.6 Å². The highest BCUT2D eigenvalue weighted by Crippen LogP contribution is 2.35. The average molecular weight is 565 g/mol. The number of esters is 3. The Morgan fingerprint density at radius 2 is 1.22 bits per heavy atom. The van der Waals surface area contributed by atoms with Gasteiger partial charge in [0.05, 0.1) is 16.2 Å². The minimum absolute atomic E-state index is 0.892. The van der Waals surface area contributed by atoms with Crippen LogP contribution in [0, 0.1) is 16.2 Å². The van der Waals surface area contributed by atoms with Crippen molar-refractivity contribution in [3.63, 3.8) is 0 Å². The Hall–Kier alpha value is -1.97. The van der Waals surface area contributed by atoms with E-state index in [1.165, 1.54) is 62.3 Å². The van der Waals surface area contributed by atoms with Gasteiger partial charge in [0, 0.05) is 0 Å². The van der Waals surface area contributed by atoms with E-state index in [9.17, 15) is 41.1 Å². The summed E-state index contributed by atoms with van der Waals surface area (Å²) in [6, 6.07) is 0. The highest BCUT2D eigenvalue weighted by Gasteiger charge is 2.57. The smallest absolute Gasteiger partial charge is 0.462 e. The quantitative estimate of drug-likeness (QED) is 0.210. The Morgan fingerprint density at radius 1 is 0.811 bits per heavy atom. The molecule has 1 rings (SSSR count). The first-order chi connectivity index (χ1) is 16.3. The van der Waals surface area contributed by atoms with Crippen molar-refractivity contribution in [3.05, 3.63) is 0 Å². The lowest BCUT2D eigenvalue weighted by atomic mass is 9.96. The molecule has 0 unspecified atom stereocenters. The Morgan fingerprint density at radius 3 is 1.59 bits per heavy atom. The number of ether oxygens (including phenoxy) is 4. The van der Waals surface area contributed by atoms with Gasteiger partial charge >= 0.3 is 33.5 Å². The minimum atomic E-state index is -6.28. The van der Waals surface area contributed by atoms with Crippen LogP contribution >= 0.6 is 0 Å². The van der Waals surface area contributed by atoms with Crippen molar-refractivity contribution in [2.75, 3.05) is 6.61 Å². The molecule has 0 aromatic rings. The number of halogens is 3. The highest BCUT2D eigenvalue weighted by molar-refractivity contribution is 7.87. The lowest BCUT2D eigenvalue weighted by Gasteiger charge is -2.31. The second kappa shape index (κ2) is 11.0. The SMILES string of the molecule is CC(C)(C)C(=O)OC[C@@H](OS(=O)(=O)C(F)(F)F)[C@@H]1O[C@H](O)[C@H](OC(=O)C(C)(C)C)[C@H]1OC(=O)C(C)(C)C. The van der Waals surface area contributed by atoms with Gasteiger partial charge in [-0.3, -0.25) is 18.6 Å². The number of hydrogen-bond acceptors (Lipinski definition) is 11. The molecule has 11 nitrogen and oxygen atoms in total. The summed E-state index contributed by atoms with van der Waals surface area (Å²) in [5.41, 5.74) is -9.30. The predicted molar refractivity (Wildman–Crippen MR) is 120 cm³/mol. The van der Waals surface area contributed by atoms with Crippen LogP contribution in [0.5, 0.6) is 0 Å². The Labute approximate surface area is 214 Å². The summed E-state index contributed by atoms with van der Waals surface area (Å²) < 4.78 is 88.1. The Kier molecular flexibility index (Phi) is 9.85. The molecule has 0 radical (unpaired) electrons. The van der Waals surface area contributed by atoms with Gasteiger partial charge in [0.1, 0.15) is 18.8 Å². The molecule has 1 aliphatic rings. The van der Waals surface area contributed by atoms with Gasteiger partial charge in [-0.15, -0.1) is 0 Å². The lowest BCUT2D eigenvalue weighted by Crippen LogP contribution is -2.50. The van der Waals surface area contributed by atoms with E-state index in [0.29, 0.717) is 0 Å². The van der Waals surface area contributed by atoms with Crippen molar-refractivity contribution < 1.29 is 64.2 Å². The highest BCUT2D eigenvalue weighted by atomic mass is 32.2. The summed E-state index contributed by atoms with van der Waals surface area (Å²) >= 11 is 0. The molecule has 0 saturated carbocycles. The third kappa shape index (κ3) is 8.79. The van der Waals surface area contributed by atoms with Gasteiger partial charge in [-0.1, -0.05) is 0 Å². The first kappa shape index (κ1) is 33.1. The fraction of sp³-hybridized carbons (Fsp3) is 0.864. The summed E-state index contributed by atoms with van der Waals surface area (Å²) in [6.45, 7) is 11.9. The molecular formula is C22H35F3O11S. The lowest BCUT2D eigenvalue weighted by molar-refractivity contribution is -0.185. The first-order valence-corrected chi connectivity index (χ1v) is 12.6. The molecule has 216 valence electrons. The van der Waals surface area contributed by atoms with Crippen LogP contribution in [0.25, 0.3) is 0 Å². The molecule has 15 heteroatoms. The predicted octanol–water partition coefficient (Wildman–Crippen LogP) is 2.44. The zero-order valence-electron chi connectivity index (χ0n) is 22.2. The third-order valence-electron chi connectivity index (χ3n) is 4.83.